The van der Waals surface area contributed by atoms with Crippen molar-refractivity contribution in [2.24, 2.45) is 0 Å². The molecule has 8 heavy (non-hydrogen) atoms. The van der Waals surface area contributed by atoms with Crippen LogP contribution in [-0.4, -0.2) is 10.1 Å². The summed E-state index contributed by atoms with van der Waals surface area (Å²) in [5.41, 5.74) is 5.16. The molecule has 0 spiro atoms. The van der Waals surface area contributed by atoms with Crippen molar-refractivity contribution in [3.63, 3.8) is 0 Å². The number of hydrogen-bond acceptors (Lipinski definition) is 3. The van der Waals surface area contributed by atoms with Gasteiger partial charge in [0.25, 0.3) is 0 Å². The topological polar surface area (TPSA) is 59.1 Å². The zero-order valence-electron chi connectivity index (χ0n) is 4.20. The maximum absolute atomic E-state index is 8.73. The predicted octanol–water partition coefficient (Wildman–Crippen LogP) is 0.369. The summed E-state index contributed by atoms with van der Waals surface area (Å²) in [6, 6.07) is 3.11. The Balaban J connectivity index is 3.13. The van der Waals surface area contributed by atoms with E-state index < -0.39 is 0 Å². The molecular weight excluding hydrogens is 105 g/mol. The van der Waals surface area contributed by atoms with E-state index in [-0.39, 0.29) is 11.6 Å². The lowest BCUT2D eigenvalue weighted by Crippen LogP contribution is -1.87. The second-order valence-corrected chi connectivity index (χ2v) is 1.41. The molecule has 1 aromatic heterocycles. The maximum atomic E-state index is 8.73. The van der Waals surface area contributed by atoms with E-state index in [0.29, 0.717) is 0 Å². The van der Waals surface area contributed by atoms with Crippen molar-refractivity contribution in [2.75, 3.05) is 5.73 Å². The Morgan fingerprint density at radius 1 is 1.62 bits per heavy atom. The van der Waals surface area contributed by atoms with Gasteiger partial charge in [-0.05, 0) is 12.1 Å². The highest BCUT2D eigenvalue weighted by molar-refractivity contribution is 5.42. The molecule has 3 nitrogen and oxygen atoms in total. The highest BCUT2D eigenvalue weighted by Crippen LogP contribution is 2.12. The maximum Gasteiger partial charge on any atom is 0.165 e. The van der Waals surface area contributed by atoms with Gasteiger partial charge in [0.1, 0.15) is 0 Å². The van der Waals surface area contributed by atoms with Gasteiger partial charge in [0.15, 0.2) is 11.6 Å². The van der Waals surface area contributed by atoms with E-state index in [4.69, 9.17) is 10.8 Å². The Morgan fingerprint density at radius 3 is 2.75 bits per heavy atom. The fourth-order valence-electron chi connectivity index (χ4n) is 0.409. The fourth-order valence-corrected chi connectivity index (χ4v) is 0.409. The number of nitrogens with two attached hydrogens (primary N) is 1. The second kappa shape index (κ2) is 1.69. The van der Waals surface area contributed by atoms with Crippen LogP contribution in [0.25, 0.3) is 0 Å². The Bertz CT molecular complexity index is 167. The van der Waals surface area contributed by atoms with Crippen LogP contribution in [0.1, 0.15) is 0 Å². The van der Waals surface area contributed by atoms with E-state index in [9.17, 15) is 0 Å². The molecule has 42 valence electrons. The molecule has 0 radical (unpaired) electrons. The Hall–Kier alpha value is -1.25. The normalized spacial score (nSPS) is 9.00. The lowest BCUT2D eigenvalue weighted by atomic mass is 10.5. The number of nitrogen functional groups attached to an aromatic ring is 1. The average Bonchev–Trinajstić information content (AvgIpc) is 1.77. The first kappa shape index (κ1) is 4.90. The van der Waals surface area contributed by atoms with Gasteiger partial charge in [-0.15, -0.1) is 0 Å². The third-order valence-electron chi connectivity index (χ3n) is 0.816. The van der Waals surface area contributed by atoms with Crippen molar-refractivity contribution < 1.29 is 5.11 Å². The molecular formula is C5H6N2O. The molecule has 1 aromatic rings. The van der Waals surface area contributed by atoms with Gasteiger partial charge < -0.3 is 10.8 Å². The third kappa shape index (κ3) is 0.703. The summed E-state index contributed by atoms with van der Waals surface area (Å²) < 4.78 is 0. The van der Waals surface area contributed by atoms with Crippen LogP contribution >= 0.6 is 0 Å². The Morgan fingerprint density at radius 2 is 2.38 bits per heavy atom. The van der Waals surface area contributed by atoms with E-state index in [2.05, 4.69) is 4.98 Å². The lowest BCUT2D eigenvalue weighted by molar-refractivity contribution is 0.476. The summed E-state index contributed by atoms with van der Waals surface area (Å²) in [4.78, 5) is 3.61. The van der Waals surface area contributed by atoms with Gasteiger partial charge in [-0.1, -0.05) is 0 Å². The van der Waals surface area contributed by atoms with E-state index in [0.717, 1.165) is 0 Å². The van der Waals surface area contributed by atoms with Crippen molar-refractivity contribution in [1.29, 1.82) is 0 Å². The zero-order chi connectivity index (χ0) is 5.98. The summed E-state index contributed by atoms with van der Waals surface area (Å²) in [7, 11) is 0. The van der Waals surface area contributed by atoms with Gasteiger partial charge >= 0.3 is 0 Å². The predicted molar refractivity (Wildman–Crippen MR) is 30.3 cm³/mol. The largest absolute Gasteiger partial charge is 0.504 e. The molecule has 0 aliphatic heterocycles. The summed E-state index contributed by atoms with van der Waals surface area (Å²) in [5.74, 6) is 0.208. The minimum atomic E-state index is 0.0347. The van der Waals surface area contributed by atoms with E-state index in [1.54, 1.807) is 6.07 Å². The van der Waals surface area contributed by atoms with E-state index in [1.807, 2.05) is 0 Å². The molecule has 0 aromatic carbocycles. The molecule has 0 saturated carbocycles. The summed E-state index contributed by atoms with van der Waals surface area (Å²) in [5, 5.41) is 8.73. The molecule has 0 aliphatic rings. The first-order valence-corrected chi connectivity index (χ1v) is 2.20. The SMILES string of the molecule is N[13c]1ncccc1O. The monoisotopic (exact) mass is 111 g/mol. The molecule has 0 bridgehead atoms. The number of rotatable bonds is 0. The number of aromatic hydroxyl groups is 1. The number of nitrogens with zero attached hydrogens (tertiary/aromatic N) is 1. The van der Waals surface area contributed by atoms with Crippen molar-refractivity contribution >= 4 is 5.82 Å². The third-order valence-corrected chi connectivity index (χ3v) is 0.816. The molecule has 3 N–H and O–H groups in total. The standard InChI is InChI=1S/C5H6N2O/c6-5-4(8)2-1-3-7-5/h1-3,8H,(H2,6,7)/i5+1. The van der Waals surface area contributed by atoms with Gasteiger partial charge in [-0.2, -0.15) is 0 Å². The van der Waals surface area contributed by atoms with Crippen LogP contribution in [-0.2, 0) is 0 Å². The molecule has 0 amide bonds. The number of aromatic nitrogens is 1. The smallest absolute Gasteiger partial charge is 0.165 e. The summed E-state index contributed by atoms with van der Waals surface area (Å²) >= 11 is 0. The van der Waals surface area contributed by atoms with Gasteiger partial charge in [-0.25, -0.2) is 4.98 Å². The Labute approximate surface area is 46.8 Å². The van der Waals surface area contributed by atoms with Crippen molar-refractivity contribution in [1.82, 2.24) is 4.98 Å². The molecule has 3 heteroatoms. The van der Waals surface area contributed by atoms with Crippen LogP contribution in [0.15, 0.2) is 18.3 Å². The van der Waals surface area contributed by atoms with Crippen LogP contribution in [0, 0.1) is 0 Å². The number of pyridine rings is 1. The number of hydrogen-bond donors (Lipinski definition) is 2. The van der Waals surface area contributed by atoms with Gasteiger partial charge in [-0.3, -0.25) is 0 Å². The van der Waals surface area contributed by atoms with Crippen LogP contribution in [0.3, 0.4) is 0 Å². The molecule has 1 heterocycles. The molecule has 1 rings (SSSR count). The van der Waals surface area contributed by atoms with Crippen LogP contribution in [0.4, 0.5) is 5.82 Å². The van der Waals surface area contributed by atoms with Crippen LogP contribution in [0.2, 0.25) is 0 Å². The van der Waals surface area contributed by atoms with Gasteiger partial charge in [0.2, 0.25) is 0 Å². The Kier molecular flexibility index (Phi) is 1.04. The molecule has 0 atom stereocenters. The van der Waals surface area contributed by atoms with E-state index >= 15 is 0 Å². The second-order valence-electron chi connectivity index (χ2n) is 1.41. The minimum Gasteiger partial charge on any atom is -0.504 e. The highest BCUT2D eigenvalue weighted by Gasteiger charge is 1.89. The molecule has 0 saturated heterocycles. The van der Waals surface area contributed by atoms with E-state index in [1.165, 1.54) is 12.3 Å². The summed E-state index contributed by atoms with van der Waals surface area (Å²) in [6.45, 7) is 0. The number of anilines is 1. The van der Waals surface area contributed by atoms with Crippen LogP contribution in [0.5, 0.6) is 5.75 Å². The first-order valence-electron chi connectivity index (χ1n) is 2.20. The van der Waals surface area contributed by atoms with Crippen molar-refractivity contribution in [3.05, 3.63) is 18.3 Å². The quantitative estimate of drug-likeness (QED) is 0.508. The fraction of sp³-hybridized carbons (Fsp3) is 0. The highest BCUT2D eigenvalue weighted by atomic mass is 16.3. The zero-order valence-corrected chi connectivity index (χ0v) is 4.20. The lowest BCUT2D eigenvalue weighted by Gasteiger charge is -1.91. The summed E-state index contributed by atoms with van der Waals surface area (Å²) in [6.07, 6.45) is 1.52. The van der Waals surface area contributed by atoms with Gasteiger partial charge in [0, 0.05) is 6.20 Å². The van der Waals surface area contributed by atoms with Crippen LogP contribution < -0.4 is 5.73 Å². The van der Waals surface area contributed by atoms with Gasteiger partial charge in [0.05, 0.1) is 0 Å². The molecule has 0 aliphatic carbocycles. The minimum absolute atomic E-state index is 0.0347. The van der Waals surface area contributed by atoms with Crippen molar-refractivity contribution in [2.45, 2.75) is 0 Å². The first-order chi connectivity index (χ1) is 3.80. The average molecular weight is 111 g/mol. The molecule has 0 fully saturated rings. The molecule has 0 unspecified atom stereocenters. The van der Waals surface area contributed by atoms with Crippen molar-refractivity contribution in [3.8, 4) is 5.75 Å².